The Balaban J connectivity index is 0.000000411. The fourth-order valence-electron chi connectivity index (χ4n) is 1.08. The molecule has 1 aromatic carbocycles. The van der Waals surface area contributed by atoms with Crippen LogP contribution in [0.25, 0.3) is 0 Å². The summed E-state index contributed by atoms with van der Waals surface area (Å²) in [6.07, 6.45) is 1.10. The van der Waals surface area contributed by atoms with Crippen molar-refractivity contribution < 1.29 is 14.6 Å². The van der Waals surface area contributed by atoms with Crippen LogP contribution in [0, 0.1) is 0 Å². The van der Waals surface area contributed by atoms with Crippen molar-refractivity contribution in [3.8, 4) is 11.5 Å². The van der Waals surface area contributed by atoms with Crippen molar-refractivity contribution in [3.05, 3.63) is 23.8 Å². The Labute approximate surface area is 119 Å². The fraction of sp³-hybridized carbons (Fsp3) is 0.462. The van der Waals surface area contributed by atoms with Gasteiger partial charge in [0.15, 0.2) is 17.3 Å². The molecule has 0 radical (unpaired) electrons. The summed E-state index contributed by atoms with van der Waals surface area (Å²) in [6.45, 7) is 3.53. The third-order valence-electron chi connectivity index (χ3n) is 2.13. The average Bonchev–Trinajstić information content (AvgIpc) is 2.30. The molecule has 1 unspecified atom stereocenters. The summed E-state index contributed by atoms with van der Waals surface area (Å²) in [5.74, 6) is 1.27. The average molecular weight is 288 g/mol. The minimum absolute atomic E-state index is 0.0440. The van der Waals surface area contributed by atoms with Crippen LogP contribution in [-0.2, 0) is 0 Å². The first kappa shape index (κ1) is 17.2. The summed E-state index contributed by atoms with van der Waals surface area (Å²) >= 11 is 8.14. The molecule has 1 N–H and O–H groups in total. The van der Waals surface area contributed by atoms with Crippen LogP contribution in [0.15, 0.2) is 18.2 Å². The van der Waals surface area contributed by atoms with Crippen molar-refractivity contribution >= 4 is 31.0 Å². The largest absolute Gasteiger partial charge is 0.504 e. The number of methoxy groups -OCH3 is 1. The standard InChI is InChI=1S/C9H10O3.C4H10S2/c1-6(10)7-3-4-8(11)9(5-7)12-2;1-4(6)2-3-5/h3-5,11H,1-2H3;4-6H,2-3H2,1H3. The smallest absolute Gasteiger partial charge is 0.161 e. The number of phenolic OH excluding ortho intramolecular Hbond substituents is 1. The second kappa shape index (κ2) is 9.16. The van der Waals surface area contributed by atoms with Gasteiger partial charge in [0.2, 0.25) is 0 Å². The van der Waals surface area contributed by atoms with E-state index in [1.165, 1.54) is 26.2 Å². The number of ether oxygens (including phenoxy) is 1. The lowest BCUT2D eigenvalue weighted by atomic mass is 10.1. The molecule has 0 fully saturated rings. The van der Waals surface area contributed by atoms with Gasteiger partial charge in [0.05, 0.1) is 7.11 Å². The third kappa shape index (κ3) is 6.81. The molecule has 5 heteroatoms. The van der Waals surface area contributed by atoms with Gasteiger partial charge in [-0.2, -0.15) is 25.3 Å². The molecule has 102 valence electrons. The maximum atomic E-state index is 10.9. The number of aromatic hydroxyl groups is 1. The number of benzene rings is 1. The number of phenols is 1. The zero-order chi connectivity index (χ0) is 14.1. The molecule has 0 bridgehead atoms. The molecule has 3 nitrogen and oxygen atoms in total. The lowest BCUT2D eigenvalue weighted by Gasteiger charge is -2.03. The molecule has 0 amide bonds. The van der Waals surface area contributed by atoms with Gasteiger partial charge in [-0.15, -0.1) is 0 Å². The van der Waals surface area contributed by atoms with Gasteiger partial charge in [-0.1, -0.05) is 6.92 Å². The first-order valence-corrected chi connectivity index (χ1v) is 6.74. The van der Waals surface area contributed by atoms with Crippen LogP contribution in [-0.4, -0.2) is 29.0 Å². The van der Waals surface area contributed by atoms with Crippen LogP contribution >= 0.6 is 25.3 Å². The van der Waals surface area contributed by atoms with E-state index in [0.717, 1.165) is 12.2 Å². The summed E-state index contributed by atoms with van der Waals surface area (Å²) in [4.78, 5) is 10.9. The number of thiol groups is 2. The normalized spacial score (nSPS) is 11.2. The van der Waals surface area contributed by atoms with Gasteiger partial charge in [0, 0.05) is 5.56 Å². The Bertz CT molecular complexity index is 378. The van der Waals surface area contributed by atoms with Crippen molar-refractivity contribution in [3.63, 3.8) is 0 Å². The second-order valence-corrected chi connectivity index (χ2v) is 5.13. The minimum atomic E-state index is -0.0479. The van der Waals surface area contributed by atoms with Crippen molar-refractivity contribution in [1.29, 1.82) is 0 Å². The molecule has 0 saturated heterocycles. The third-order valence-corrected chi connectivity index (χ3v) is 2.65. The zero-order valence-corrected chi connectivity index (χ0v) is 12.7. The summed E-state index contributed by atoms with van der Waals surface area (Å²) in [5, 5.41) is 9.70. The fourth-order valence-corrected chi connectivity index (χ4v) is 1.80. The molecule has 18 heavy (non-hydrogen) atoms. The van der Waals surface area contributed by atoms with E-state index in [9.17, 15) is 9.90 Å². The van der Waals surface area contributed by atoms with Crippen LogP contribution in [0.1, 0.15) is 30.6 Å². The first-order valence-electron chi connectivity index (χ1n) is 5.59. The molecule has 1 atom stereocenters. The molecule has 0 heterocycles. The van der Waals surface area contributed by atoms with E-state index < -0.39 is 0 Å². The molecule has 1 aromatic rings. The van der Waals surface area contributed by atoms with E-state index in [1.807, 2.05) is 0 Å². The van der Waals surface area contributed by atoms with E-state index in [1.54, 1.807) is 6.07 Å². The number of Topliss-reactive ketones (excluding diaryl/α,β-unsaturated/α-hetero) is 1. The number of carbonyl (C=O) groups excluding carboxylic acids is 1. The van der Waals surface area contributed by atoms with Crippen LogP contribution in [0.4, 0.5) is 0 Å². The maximum absolute atomic E-state index is 10.9. The summed E-state index contributed by atoms with van der Waals surface area (Å²) in [6, 6.07) is 4.51. The summed E-state index contributed by atoms with van der Waals surface area (Å²) in [5.41, 5.74) is 0.532. The van der Waals surface area contributed by atoms with Gasteiger partial charge in [0.25, 0.3) is 0 Å². The predicted octanol–water partition coefficient (Wildman–Crippen LogP) is 3.23. The lowest BCUT2D eigenvalue weighted by Crippen LogP contribution is -1.92. The van der Waals surface area contributed by atoms with Crippen molar-refractivity contribution in [2.45, 2.75) is 25.5 Å². The number of hydrogen-bond donors (Lipinski definition) is 3. The lowest BCUT2D eigenvalue weighted by molar-refractivity contribution is 0.101. The van der Waals surface area contributed by atoms with E-state index in [0.29, 0.717) is 16.6 Å². The van der Waals surface area contributed by atoms with Gasteiger partial charge in [-0.3, -0.25) is 4.79 Å². The Kier molecular flexibility index (Phi) is 8.75. The molecule has 0 aliphatic carbocycles. The molecule has 0 spiro atoms. The Hall–Kier alpha value is -0.810. The van der Waals surface area contributed by atoms with Crippen molar-refractivity contribution in [2.24, 2.45) is 0 Å². The van der Waals surface area contributed by atoms with Crippen LogP contribution in [0.2, 0.25) is 0 Å². The van der Waals surface area contributed by atoms with Crippen molar-refractivity contribution in [2.75, 3.05) is 12.9 Å². The van der Waals surface area contributed by atoms with E-state index in [-0.39, 0.29) is 11.5 Å². The SMILES string of the molecule is CC(S)CCS.COc1cc(C(C)=O)ccc1O. The van der Waals surface area contributed by atoms with Crippen LogP contribution < -0.4 is 4.74 Å². The predicted molar refractivity (Wildman–Crippen MR) is 81.6 cm³/mol. The van der Waals surface area contributed by atoms with Gasteiger partial charge in [-0.05, 0) is 42.5 Å². The van der Waals surface area contributed by atoms with Gasteiger partial charge >= 0.3 is 0 Å². The molecule has 0 saturated carbocycles. The van der Waals surface area contributed by atoms with Crippen LogP contribution in [0.5, 0.6) is 11.5 Å². The topological polar surface area (TPSA) is 46.5 Å². The highest BCUT2D eigenvalue weighted by Crippen LogP contribution is 2.26. The molecular formula is C13H20O3S2. The molecular weight excluding hydrogens is 268 g/mol. The highest BCUT2D eigenvalue weighted by atomic mass is 32.1. The van der Waals surface area contributed by atoms with Gasteiger partial charge in [0.1, 0.15) is 0 Å². The quantitative estimate of drug-likeness (QED) is 0.589. The van der Waals surface area contributed by atoms with Gasteiger partial charge in [-0.25, -0.2) is 0 Å². The number of carbonyl (C=O) groups is 1. The monoisotopic (exact) mass is 288 g/mol. The molecule has 1 rings (SSSR count). The molecule has 0 aliphatic rings. The second-order valence-electron chi connectivity index (χ2n) is 3.80. The molecule has 0 aromatic heterocycles. The first-order chi connectivity index (χ1) is 8.42. The van der Waals surface area contributed by atoms with E-state index >= 15 is 0 Å². The maximum Gasteiger partial charge on any atom is 0.161 e. The summed E-state index contributed by atoms with van der Waals surface area (Å²) < 4.78 is 4.83. The highest BCUT2D eigenvalue weighted by Gasteiger charge is 2.04. The minimum Gasteiger partial charge on any atom is -0.504 e. The Morgan fingerprint density at radius 3 is 2.44 bits per heavy atom. The summed E-state index contributed by atoms with van der Waals surface area (Å²) in [7, 11) is 1.44. The number of hydrogen-bond acceptors (Lipinski definition) is 5. The van der Waals surface area contributed by atoms with E-state index in [2.05, 4.69) is 32.2 Å². The van der Waals surface area contributed by atoms with Gasteiger partial charge < -0.3 is 9.84 Å². The zero-order valence-electron chi connectivity index (χ0n) is 10.9. The number of rotatable bonds is 4. The van der Waals surface area contributed by atoms with E-state index in [4.69, 9.17) is 4.74 Å². The number of ketones is 1. The highest BCUT2D eigenvalue weighted by molar-refractivity contribution is 7.81. The molecule has 0 aliphatic heterocycles. The Morgan fingerprint density at radius 1 is 1.50 bits per heavy atom. The van der Waals surface area contributed by atoms with Crippen molar-refractivity contribution in [1.82, 2.24) is 0 Å². The van der Waals surface area contributed by atoms with Crippen LogP contribution in [0.3, 0.4) is 0 Å². The Morgan fingerprint density at radius 2 is 2.11 bits per heavy atom.